The normalized spacial score (nSPS) is 11.7. The fourth-order valence-electron chi connectivity index (χ4n) is 2.65. The van der Waals surface area contributed by atoms with Gasteiger partial charge in [0.15, 0.2) is 5.78 Å². The summed E-state index contributed by atoms with van der Waals surface area (Å²) in [6, 6.07) is 12.1. The standard InChI is InChI=1S/C17H13NOS2/c1-2-13(19)9-3-5-11-14(7-9)20-17-12-6-4-10(18)8-15(12)21-16(11)17/h3-8H,2,18H2,1H3. The zero-order valence-corrected chi connectivity index (χ0v) is 13.1. The van der Waals surface area contributed by atoms with Gasteiger partial charge in [-0.1, -0.05) is 25.1 Å². The summed E-state index contributed by atoms with van der Waals surface area (Å²) in [5.41, 5.74) is 7.48. The van der Waals surface area contributed by atoms with E-state index in [4.69, 9.17) is 5.73 Å². The highest BCUT2D eigenvalue weighted by atomic mass is 32.1. The largest absolute Gasteiger partial charge is 0.399 e. The second-order valence-corrected chi connectivity index (χ2v) is 7.21. The van der Waals surface area contributed by atoms with E-state index in [-0.39, 0.29) is 5.78 Å². The lowest BCUT2D eigenvalue weighted by Crippen LogP contribution is -1.94. The first-order chi connectivity index (χ1) is 10.2. The van der Waals surface area contributed by atoms with E-state index in [2.05, 4.69) is 12.1 Å². The summed E-state index contributed by atoms with van der Waals surface area (Å²) in [5, 5.41) is 2.50. The molecule has 21 heavy (non-hydrogen) atoms. The van der Waals surface area contributed by atoms with Gasteiger partial charge >= 0.3 is 0 Å². The predicted octanol–water partition coefficient (Wildman–Crippen LogP) is 5.44. The van der Waals surface area contributed by atoms with E-state index in [1.54, 1.807) is 22.7 Å². The molecule has 0 amide bonds. The number of hydrogen-bond acceptors (Lipinski definition) is 4. The van der Waals surface area contributed by atoms with Crippen LogP contribution in [0.2, 0.25) is 0 Å². The zero-order valence-electron chi connectivity index (χ0n) is 11.5. The molecule has 0 aliphatic rings. The van der Waals surface area contributed by atoms with E-state index in [1.165, 1.54) is 29.6 Å². The van der Waals surface area contributed by atoms with Crippen molar-refractivity contribution in [2.45, 2.75) is 13.3 Å². The zero-order chi connectivity index (χ0) is 14.6. The highest BCUT2D eigenvalue weighted by Crippen LogP contribution is 2.44. The van der Waals surface area contributed by atoms with Crippen molar-refractivity contribution in [1.29, 1.82) is 0 Å². The van der Waals surface area contributed by atoms with Crippen LogP contribution < -0.4 is 5.73 Å². The van der Waals surface area contributed by atoms with Crippen molar-refractivity contribution in [1.82, 2.24) is 0 Å². The number of nitrogens with two attached hydrogens (primary N) is 1. The summed E-state index contributed by atoms with van der Waals surface area (Å²) in [6.07, 6.45) is 0.549. The number of Topliss-reactive ketones (excluding diaryl/α,β-unsaturated/α-hetero) is 1. The SMILES string of the molecule is CCC(=O)c1ccc2c(c1)sc1c3ccc(N)cc3sc21. The number of fused-ring (bicyclic) bond motifs is 5. The summed E-state index contributed by atoms with van der Waals surface area (Å²) in [7, 11) is 0. The molecule has 0 fully saturated rings. The third kappa shape index (κ3) is 1.87. The minimum atomic E-state index is 0.200. The number of hydrogen-bond donors (Lipinski definition) is 1. The predicted molar refractivity (Wildman–Crippen MR) is 93.7 cm³/mol. The van der Waals surface area contributed by atoms with Gasteiger partial charge < -0.3 is 5.73 Å². The fraction of sp³-hybridized carbons (Fsp3) is 0.118. The number of carbonyl (C=O) groups is 1. The number of nitrogen functional groups attached to an aromatic ring is 1. The van der Waals surface area contributed by atoms with Crippen LogP contribution in [-0.4, -0.2) is 5.78 Å². The van der Waals surface area contributed by atoms with Crippen molar-refractivity contribution >= 4 is 63.7 Å². The number of thiophene rings is 2. The number of anilines is 1. The van der Waals surface area contributed by atoms with Gasteiger partial charge in [-0.3, -0.25) is 4.79 Å². The second-order valence-electron chi connectivity index (χ2n) is 5.11. The van der Waals surface area contributed by atoms with Gasteiger partial charge in [-0.05, 0) is 18.2 Å². The van der Waals surface area contributed by atoms with Crippen molar-refractivity contribution in [3.63, 3.8) is 0 Å². The van der Waals surface area contributed by atoms with Crippen molar-refractivity contribution in [3.05, 3.63) is 42.0 Å². The van der Waals surface area contributed by atoms with E-state index < -0.39 is 0 Å². The summed E-state index contributed by atoms with van der Waals surface area (Å²) in [6.45, 7) is 1.90. The van der Waals surface area contributed by atoms with E-state index in [1.807, 2.05) is 31.2 Å². The van der Waals surface area contributed by atoms with Gasteiger partial charge in [-0.15, -0.1) is 22.7 Å². The molecule has 0 saturated heterocycles. The van der Waals surface area contributed by atoms with Crippen LogP contribution in [0.25, 0.3) is 29.6 Å². The van der Waals surface area contributed by atoms with Crippen molar-refractivity contribution < 1.29 is 4.79 Å². The Labute approximate surface area is 129 Å². The highest BCUT2D eigenvalue weighted by molar-refractivity contribution is 7.36. The highest BCUT2D eigenvalue weighted by Gasteiger charge is 2.13. The Hall–Kier alpha value is -1.91. The van der Waals surface area contributed by atoms with Crippen molar-refractivity contribution in [2.24, 2.45) is 0 Å². The summed E-state index contributed by atoms with van der Waals surface area (Å²) >= 11 is 3.54. The molecule has 0 radical (unpaired) electrons. The first kappa shape index (κ1) is 12.8. The van der Waals surface area contributed by atoms with E-state index in [0.717, 1.165) is 11.3 Å². The molecule has 4 rings (SSSR count). The first-order valence-electron chi connectivity index (χ1n) is 6.85. The molecule has 0 aliphatic heterocycles. The Morgan fingerprint density at radius 2 is 1.62 bits per heavy atom. The van der Waals surface area contributed by atoms with Crippen molar-refractivity contribution in [2.75, 3.05) is 5.73 Å². The molecule has 104 valence electrons. The van der Waals surface area contributed by atoms with Gasteiger partial charge in [0.25, 0.3) is 0 Å². The van der Waals surface area contributed by atoms with E-state index >= 15 is 0 Å². The molecule has 0 saturated carbocycles. The average molecular weight is 311 g/mol. The lowest BCUT2D eigenvalue weighted by molar-refractivity contribution is 0.0988. The molecule has 2 aromatic heterocycles. The topological polar surface area (TPSA) is 43.1 Å². The number of rotatable bonds is 2. The number of carbonyl (C=O) groups excluding carboxylic acids is 1. The number of benzene rings is 2. The van der Waals surface area contributed by atoms with Gasteiger partial charge in [0, 0.05) is 37.8 Å². The second kappa shape index (κ2) is 4.55. The van der Waals surface area contributed by atoms with Crippen LogP contribution in [0.5, 0.6) is 0 Å². The molecule has 0 bridgehead atoms. The molecule has 0 unspecified atom stereocenters. The van der Waals surface area contributed by atoms with Gasteiger partial charge in [-0.25, -0.2) is 0 Å². The maximum absolute atomic E-state index is 11.9. The molecule has 4 heteroatoms. The molecule has 2 aromatic carbocycles. The molecule has 0 aliphatic carbocycles. The molecule has 2 heterocycles. The molecular weight excluding hydrogens is 298 g/mol. The molecule has 4 aromatic rings. The van der Waals surface area contributed by atoms with Gasteiger partial charge in [0.2, 0.25) is 0 Å². The summed E-state index contributed by atoms with van der Waals surface area (Å²) in [4.78, 5) is 11.9. The smallest absolute Gasteiger partial charge is 0.162 e. The minimum absolute atomic E-state index is 0.200. The summed E-state index contributed by atoms with van der Waals surface area (Å²) < 4.78 is 5.01. The lowest BCUT2D eigenvalue weighted by atomic mass is 10.1. The molecular formula is C17H13NOS2. The molecule has 2 nitrogen and oxygen atoms in total. The molecule has 2 N–H and O–H groups in total. The maximum atomic E-state index is 11.9. The van der Waals surface area contributed by atoms with Crippen LogP contribution in [0.4, 0.5) is 5.69 Å². The van der Waals surface area contributed by atoms with Gasteiger partial charge in [0.1, 0.15) is 0 Å². The van der Waals surface area contributed by atoms with Crippen LogP contribution >= 0.6 is 22.7 Å². The summed E-state index contributed by atoms with van der Waals surface area (Å²) in [5.74, 6) is 0.200. The Morgan fingerprint density at radius 1 is 1.00 bits per heavy atom. The van der Waals surface area contributed by atoms with Crippen LogP contribution in [0.15, 0.2) is 36.4 Å². The quantitative estimate of drug-likeness (QED) is 0.395. The maximum Gasteiger partial charge on any atom is 0.162 e. The van der Waals surface area contributed by atoms with Crippen LogP contribution in [-0.2, 0) is 0 Å². The third-order valence-electron chi connectivity index (χ3n) is 3.75. The monoisotopic (exact) mass is 311 g/mol. The lowest BCUT2D eigenvalue weighted by Gasteiger charge is -1.97. The van der Waals surface area contributed by atoms with Gasteiger partial charge in [0.05, 0.1) is 9.40 Å². The van der Waals surface area contributed by atoms with E-state index in [9.17, 15) is 4.79 Å². The molecule has 0 spiro atoms. The van der Waals surface area contributed by atoms with E-state index in [0.29, 0.717) is 6.42 Å². The first-order valence-corrected chi connectivity index (χ1v) is 8.48. The Morgan fingerprint density at radius 3 is 2.29 bits per heavy atom. The van der Waals surface area contributed by atoms with Crippen molar-refractivity contribution in [3.8, 4) is 0 Å². The van der Waals surface area contributed by atoms with Crippen LogP contribution in [0.3, 0.4) is 0 Å². The van der Waals surface area contributed by atoms with Crippen LogP contribution in [0, 0.1) is 0 Å². The minimum Gasteiger partial charge on any atom is -0.399 e. The Kier molecular flexibility index (Phi) is 2.77. The van der Waals surface area contributed by atoms with Gasteiger partial charge in [-0.2, -0.15) is 0 Å². The van der Waals surface area contributed by atoms with Crippen LogP contribution in [0.1, 0.15) is 23.7 Å². The third-order valence-corrected chi connectivity index (χ3v) is 6.25. The number of ketones is 1. The Bertz CT molecular complexity index is 1010. The average Bonchev–Trinajstić information content (AvgIpc) is 3.00. The molecule has 0 atom stereocenters. The Balaban J connectivity index is 2.04. The fourth-order valence-corrected chi connectivity index (χ4v) is 5.39.